The van der Waals surface area contributed by atoms with Gasteiger partial charge in [-0.2, -0.15) is 15.0 Å². The Hall–Kier alpha value is -3.01. The molecule has 0 aliphatic carbocycles. The molecule has 4 heterocycles. The zero-order valence-electron chi connectivity index (χ0n) is 17.6. The van der Waals surface area contributed by atoms with Crippen LogP contribution in [0, 0.1) is 6.92 Å². The summed E-state index contributed by atoms with van der Waals surface area (Å²) in [5.74, 6) is 1.09. The quantitative estimate of drug-likeness (QED) is 0.738. The van der Waals surface area contributed by atoms with Gasteiger partial charge in [0.05, 0.1) is 19.8 Å². The van der Waals surface area contributed by atoms with E-state index in [0.29, 0.717) is 51.2 Å². The van der Waals surface area contributed by atoms with E-state index < -0.39 is 0 Å². The minimum Gasteiger partial charge on any atom is -0.458 e. The van der Waals surface area contributed by atoms with Crippen LogP contribution in [-0.4, -0.2) is 95.4 Å². The summed E-state index contributed by atoms with van der Waals surface area (Å²) < 4.78 is 11.5. The number of rotatable bonds is 4. The second-order valence-electron chi connectivity index (χ2n) is 7.68. The second kappa shape index (κ2) is 8.78. The van der Waals surface area contributed by atoms with E-state index in [1.807, 2.05) is 19.1 Å². The molecule has 1 atom stereocenters. The summed E-state index contributed by atoms with van der Waals surface area (Å²) in [5, 5.41) is 0. The van der Waals surface area contributed by atoms with E-state index in [1.54, 1.807) is 30.1 Å². The molecule has 2 aromatic rings. The highest BCUT2D eigenvalue weighted by Gasteiger charge is 2.29. The maximum Gasteiger partial charge on any atom is 0.322 e. The van der Waals surface area contributed by atoms with Gasteiger partial charge in [0, 0.05) is 57.6 Å². The topological polar surface area (TPSA) is 96.8 Å². The number of ether oxygens (including phenoxy) is 2. The number of carbonyl (C=O) groups is 1. The minimum atomic E-state index is -0.155. The van der Waals surface area contributed by atoms with Gasteiger partial charge in [-0.25, -0.2) is 4.79 Å². The first-order valence-electron chi connectivity index (χ1n) is 10.1. The summed E-state index contributed by atoms with van der Waals surface area (Å²) in [4.78, 5) is 35.7. The van der Waals surface area contributed by atoms with Crippen molar-refractivity contribution in [3.63, 3.8) is 0 Å². The average molecular weight is 413 g/mol. The summed E-state index contributed by atoms with van der Waals surface area (Å²) >= 11 is 0. The lowest BCUT2D eigenvalue weighted by Gasteiger charge is -2.27. The molecule has 2 fully saturated rings. The normalized spacial score (nSPS) is 19.1. The number of carbonyl (C=O) groups excluding carboxylic acids is 1. The van der Waals surface area contributed by atoms with Crippen molar-refractivity contribution >= 4 is 12.0 Å². The van der Waals surface area contributed by atoms with Crippen molar-refractivity contribution in [2.45, 2.75) is 19.4 Å². The van der Waals surface area contributed by atoms with E-state index in [1.165, 1.54) is 0 Å². The lowest BCUT2D eigenvalue weighted by molar-refractivity contribution is 0.121. The summed E-state index contributed by atoms with van der Waals surface area (Å²) in [6.07, 6.45) is 2.34. The van der Waals surface area contributed by atoms with Crippen LogP contribution in [0.4, 0.5) is 10.7 Å². The minimum absolute atomic E-state index is 0.0165. The average Bonchev–Trinajstić information content (AvgIpc) is 3.22. The Morgan fingerprint density at radius 1 is 1.17 bits per heavy atom. The summed E-state index contributed by atoms with van der Waals surface area (Å²) in [6.45, 7) is 5.79. The van der Waals surface area contributed by atoms with Crippen LogP contribution in [0.25, 0.3) is 11.4 Å². The number of hydrogen-bond acceptors (Lipinski definition) is 8. The van der Waals surface area contributed by atoms with Crippen molar-refractivity contribution in [1.29, 1.82) is 0 Å². The fraction of sp³-hybridized carbons (Fsp3) is 0.550. The second-order valence-corrected chi connectivity index (χ2v) is 7.68. The molecule has 2 aliphatic heterocycles. The molecule has 160 valence electrons. The van der Waals surface area contributed by atoms with Crippen LogP contribution >= 0.6 is 0 Å². The molecule has 0 spiro atoms. The Balaban J connectivity index is 1.57. The maximum atomic E-state index is 12.2. The van der Waals surface area contributed by atoms with E-state index in [-0.39, 0.29) is 18.1 Å². The van der Waals surface area contributed by atoms with Gasteiger partial charge in [-0.1, -0.05) is 0 Å². The third kappa shape index (κ3) is 4.59. The number of amides is 2. The lowest BCUT2D eigenvalue weighted by atomic mass is 10.2. The molecule has 2 aliphatic rings. The highest BCUT2D eigenvalue weighted by molar-refractivity contribution is 5.74. The number of hydrogen-bond donors (Lipinski definition) is 0. The van der Waals surface area contributed by atoms with Crippen molar-refractivity contribution in [1.82, 2.24) is 29.7 Å². The van der Waals surface area contributed by atoms with Crippen LogP contribution in [0.5, 0.6) is 6.01 Å². The molecule has 0 aromatic carbocycles. The molecule has 30 heavy (non-hydrogen) atoms. The number of morpholine rings is 1. The maximum absolute atomic E-state index is 12.2. The van der Waals surface area contributed by atoms with E-state index in [0.717, 1.165) is 17.7 Å². The summed E-state index contributed by atoms with van der Waals surface area (Å²) in [7, 11) is 3.50. The molecule has 10 heteroatoms. The van der Waals surface area contributed by atoms with E-state index >= 15 is 0 Å². The zero-order valence-corrected chi connectivity index (χ0v) is 17.6. The molecule has 0 unspecified atom stereocenters. The third-order valence-corrected chi connectivity index (χ3v) is 5.14. The summed E-state index contributed by atoms with van der Waals surface area (Å²) in [6, 6.07) is 4.12. The fourth-order valence-electron chi connectivity index (χ4n) is 3.46. The van der Waals surface area contributed by atoms with Crippen molar-refractivity contribution in [2.24, 2.45) is 0 Å². The van der Waals surface area contributed by atoms with Gasteiger partial charge in [0.25, 0.3) is 0 Å². The molecule has 2 saturated heterocycles. The number of aromatic nitrogens is 4. The Morgan fingerprint density at radius 3 is 2.67 bits per heavy atom. The Labute approximate surface area is 175 Å². The Kier molecular flexibility index (Phi) is 5.93. The van der Waals surface area contributed by atoms with Gasteiger partial charge in [-0.15, -0.1) is 0 Å². The van der Waals surface area contributed by atoms with Gasteiger partial charge in [-0.05, 0) is 19.1 Å². The predicted molar refractivity (Wildman–Crippen MR) is 111 cm³/mol. The molecule has 10 nitrogen and oxygen atoms in total. The van der Waals surface area contributed by atoms with Crippen LogP contribution in [0.15, 0.2) is 18.3 Å². The first kappa shape index (κ1) is 20.3. The third-order valence-electron chi connectivity index (χ3n) is 5.14. The van der Waals surface area contributed by atoms with Crippen LogP contribution in [0.3, 0.4) is 0 Å². The molecular formula is C20H27N7O3. The van der Waals surface area contributed by atoms with Gasteiger partial charge >= 0.3 is 12.0 Å². The van der Waals surface area contributed by atoms with Crippen LogP contribution in [0.1, 0.15) is 12.1 Å². The number of anilines is 1. The van der Waals surface area contributed by atoms with Crippen molar-refractivity contribution in [2.75, 3.05) is 58.4 Å². The van der Waals surface area contributed by atoms with Crippen molar-refractivity contribution in [3.8, 4) is 17.4 Å². The molecule has 0 radical (unpaired) electrons. The van der Waals surface area contributed by atoms with E-state index in [9.17, 15) is 4.79 Å². The zero-order chi connectivity index (χ0) is 21.1. The van der Waals surface area contributed by atoms with E-state index in [2.05, 4.69) is 24.8 Å². The molecule has 0 N–H and O–H groups in total. The number of nitrogens with zero attached hydrogens (tertiary/aromatic N) is 7. The molecule has 2 amide bonds. The molecule has 0 saturated carbocycles. The number of pyridine rings is 1. The first-order valence-corrected chi connectivity index (χ1v) is 10.1. The highest BCUT2D eigenvalue weighted by Crippen LogP contribution is 2.23. The Bertz CT molecular complexity index is 884. The first-order chi connectivity index (χ1) is 14.5. The lowest BCUT2D eigenvalue weighted by Crippen LogP contribution is -2.39. The number of aryl methyl sites for hydroxylation is 1. The van der Waals surface area contributed by atoms with Crippen LogP contribution in [-0.2, 0) is 4.74 Å². The van der Waals surface area contributed by atoms with Gasteiger partial charge in [-0.3, -0.25) is 4.98 Å². The smallest absolute Gasteiger partial charge is 0.322 e. The molecule has 2 aromatic heterocycles. The molecule has 4 rings (SSSR count). The van der Waals surface area contributed by atoms with E-state index in [4.69, 9.17) is 9.47 Å². The van der Waals surface area contributed by atoms with Crippen LogP contribution in [0.2, 0.25) is 0 Å². The number of urea groups is 1. The highest BCUT2D eigenvalue weighted by atomic mass is 16.5. The van der Waals surface area contributed by atoms with Gasteiger partial charge in [0.2, 0.25) is 5.95 Å². The monoisotopic (exact) mass is 413 g/mol. The van der Waals surface area contributed by atoms with Gasteiger partial charge < -0.3 is 24.2 Å². The van der Waals surface area contributed by atoms with Gasteiger partial charge in [0.1, 0.15) is 6.10 Å². The van der Waals surface area contributed by atoms with Crippen molar-refractivity contribution < 1.29 is 14.3 Å². The van der Waals surface area contributed by atoms with Gasteiger partial charge in [0.15, 0.2) is 5.82 Å². The van der Waals surface area contributed by atoms with Crippen molar-refractivity contribution in [3.05, 3.63) is 24.0 Å². The van der Waals surface area contributed by atoms with Crippen LogP contribution < -0.4 is 9.64 Å². The SMILES string of the molecule is Cc1ccc(-c2nc(O[C@H]3CCN(C(=O)N(C)C)C3)nc(N3CCOCC3)n2)cn1. The molecule has 0 bridgehead atoms. The predicted octanol–water partition coefficient (Wildman–Crippen LogP) is 1.21. The Morgan fingerprint density at radius 2 is 1.97 bits per heavy atom. The number of likely N-dealkylation sites (tertiary alicyclic amines) is 1. The molecular weight excluding hydrogens is 386 g/mol. The standard InChI is InChI=1S/C20H27N7O3/c1-14-4-5-15(12-21-14)17-22-18(26-8-10-29-11-9-26)24-19(23-17)30-16-6-7-27(13-16)20(28)25(2)3/h4-5,12,16H,6-11,13H2,1-3H3/t16-/m0/s1. The fourth-order valence-corrected chi connectivity index (χ4v) is 3.46. The largest absolute Gasteiger partial charge is 0.458 e. The summed E-state index contributed by atoms with van der Waals surface area (Å²) in [5.41, 5.74) is 1.73.